The molecule has 5 rings (SSSR count). The second-order valence-electron chi connectivity index (χ2n) is 12.4. The lowest BCUT2D eigenvalue weighted by atomic mass is 9.84. The van der Waals surface area contributed by atoms with E-state index in [2.05, 4.69) is 4.90 Å². The molecule has 14 heteroatoms. The van der Waals surface area contributed by atoms with E-state index in [1.165, 1.54) is 31.4 Å². The molecule has 2 aliphatic rings. The molecule has 0 N–H and O–H groups in total. The molecule has 2 amide bonds. The number of carbonyl (C=O) groups excluding carboxylic acids is 2. The minimum atomic E-state index is -2.20. The van der Waals surface area contributed by atoms with Gasteiger partial charge in [-0.15, -0.1) is 0 Å². The van der Waals surface area contributed by atoms with Crippen molar-refractivity contribution in [2.24, 2.45) is 5.92 Å². The van der Waals surface area contributed by atoms with Gasteiger partial charge in [-0.3, -0.25) is 14.5 Å². The number of amides is 2. The van der Waals surface area contributed by atoms with Crippen molar-refractivity contribution < 1.29 is 33.2 Å². The largest absolute Gasteiger partial charge is 0.492 e. The van der Waals surface area contributed by atoms with Crippen LogP contribution in [0.2, 0.25) is 0 Å². The van der Waals surface area contributed by atoms with Gasteiger partial charge >= 0.3 is 5.69 Å². The number of hydrogen-bond donors (Lipinski definition) is 0. The van der Waals surface area contributed by atoms with E-state index < -0.39 is 15.5 Å². The molecule has 1 heterocycles. The van der Waals surface area contributed by atoms with Gasteiger partial charge < -0.3 is 19.3 Å². The van der Waals surface area contributed by atoms with E-state index in [1.54, 1.807) is 34.1 Å². The van der Waals surface area contributed by atoms with E-state index >= 15 is 0 Å². The Labute approximate surface area is 306 Å². The summed E-state index contributed by atoms with van der Waals surface area (Å²) in [5.41, 5.74) is 1.89. The maximum Gasteiger partial charge on any atom is 0.317 e. The number of rotatable bonds is 13. The molecule has 2 atom stereocenters. The van der Waals surface area contributed by atoms with Gasteiger partial charge in [0, 0.05) is 68.2 Å². The molecular weight excluding hydrogens is 710 g/mol. The second-order valence-corrected chi connectivity index (χ2v) is 14.7. The zero-order chi connectivity index (χ0) is 35.7. The van der Waals surface area contributed by atoms with Gasteiger partial charge in [0.2, 0.25) is 0 Å². The van der Waals surface area contributed by atoms with Crippen molar-refractivity contribution in [3.8, 4) is 5.75 Å². The Morgan fingerprint density at radius 3 is 2.48 bits per heavy atom. The number of halogens is 4. The number of alkyl halides is 3. The molecule has 268 valence electrons. The van der Waals surface area contributed by atoms with Crippen LogP contribution in [0.15, 0.2) is 72.8 Å². The van der Waals surface area contributed by atoms with Crippen LogP contribution in [0.1, 0.15) is 41.6 Å². The number of ether oxygens (including phenoxy) is 2. The number of morpholine rings is 1. The van der Waals surface area contributed by atoms with E-state index in [-0.39, 0.29) is 30.1 Å². The topological polar surface area (TPSA) is 91.6 Å². The lowest BCUT2D eigenvalue weighted by Gasteiger charge is -2.40. The van der Waals surface area contributed by atoms with E-state index in [4.69, 9.17) is 49.1 Å². The molecule has 0 bridgehead atoms. The average Bonchev–Trinajstić information content (AvgIpc) is 3.12. The van der Waals surface area contributed by atoms with Gasteiger partial charge in [0.25, 0.3) is 20.5 Å². The maximum absolute atomic E-state index is 14.1. The lowest BCUT2D eigenvalue weighted by molar-refractivity contribution is -0.736. The highest BCUT2D eigenvalue weighted by molar-refractivity contribution is 6.76. The van der Waals surface area contributed by atoms with Crippen molar-refractivity contribution in [3.05, 3.63) is 94.6 Å². The summed E-state index contributed by atoms with van der Waals surface area (Å²) in [6.45, 7) is 4.78. The Morgan fingerprint density at radius 2 is 1.76 bits per heavy atom. The van der Waals surface area contributed by atoms with Crippen molar-refractivity contribution in [1.29, 1.82) is 0 Å². The van der Waals surface area contributed by atoms with Crippen molar-refractivity contribution in [3.63, 3.8) is 0 Å². The molecule has 1 saturated carbocycles. The van der Waals surface area contributed by atoms with E-state index in [0.29, 0.717) is 66.7 Å². The number of carbonyl (C=O) groups is 2. The van der Waals surface area contributed by atoms with Crippen LogP contribution in [-0.4, -0.2) is 89.5 Å². The van der Waals surface area contributed by atoms with Crippen LogP contribution >= 0.6 is 34.8 Å². The third kappa shape index (κ3) is 10.3. The van der Waals surface area contributed by atoms with Crippen LogP contribution in [-0.2, 0) is 20.9 Å². The molecule has 0 aromatic heterocycles. The Balaban J connectivity index is 1.36. The molecule has 0 radical (unpaired) electrons. The summed E-state index contributed by atoms with van der Waals surface area (Å²) in [6, 6.07) is 19.2. The van der Waals surface area contributed by atoms with Crippen LogP contribution in [0.5, 0.6) is 5.75 Å². The molecule has 1 aliphatic carbocycles. The second kappa shape index (κ2) is 17.6. The van der Waals surface area contributed by atoms with Crippen LogP contribution in [0.3, 0.4) is 0 Å². The summed E-state index contributed by atoms with van der Waals surface area (Å²) in [6.07, 6.45) is 2.75. The summed E-state index contributed by atoms with van der Waals surface area (Å²) in [5, 5.41) is 0. The van der Waals surface area contributed by atoms with Crippen molar-refractivity contribution in [1.82, 2.24) is 9.80 Å². The summed E-state index contributed by atoms with van der Waals surface area (Å²) in [5.74, 6) is -0.810. The first-order valence-electron chi connectivity index (χ1n) is 16.6. The normalized spacial score (nSPS) is 18.3. The average molecular weight is 751 g/mol. The molecule has 2 unspecified atom stereocenters. The Bertz CT molecular complexity index is 1620. The van der Waals surface area contributed by atoms with Crippen molar-refractivity contribution in [2.75, 3.05) is 58.0 Å². The summed E-state index contributed by atoms with van der Waals surface area (Å²) in [7, 11) is 1.26. The summed E-state index contributed by atoms with van der Waals surface area (Å²) in [4.78, 5) is 50.4. The van der Waals surface area contributed by atoms with Gasteiger partial charge in [-0.25, -0.2) is 9.23 Å². The summed E-state index contributed by atoms with van der Waals surface area (Å²) >= 11 is 18.4. The first kappa shape index (κ1) is 37.8. The molecule has 3 aromatic carbocycles. The standard InChI is InChI=1S/C36H41Cl3FN4O6/c1-48-44(47)32-9-3-6-27(22-32)25-43(35(46)36(37,38)39)30-7-2-5-26(21-30)24-42(34(45)28-11-13-29(40)14-12-28)31-8-4-10-33(23-31)50-20-17-41-15-18-49-19-16-41/h3-4,6,8-14,22-23,26,30H,2,5,7,15-21,24-25H2,1H3/q+1. The van der Waals surface area contributed by atoms with Gasteiger partial charge in [0.05, 0.1) is 18.1 Å². The van der Waals surface area contributed by atoms with Gasteiger partial charge in [-0.1, -0.05) is 59.4 Å². The molecule has 10 nitrogen and oxygen atoms in total. The van der Waals surface area contributed by atoms with E-state index in [1.807, 2.05) is 24.3 Å². The summed E-state index contributed by atoms with van der Waals surface area (Å²) < 4.78 is 23.2. The zero-order valence-electron chi connectivity index (χ0n) is 27.8. The number of anilines is 1. The molecule has 0 spiro atoms. The van der Waals surface area contributed by atoms with Crippen molar-refractivity contribution >= 4 is 58.0 Å². The van der Waals surface area contributed by atoms with Gasteiger partial charge in [0.1, 0.15) is 18.2 Å². The van der Waals surface area contributed by atoms with Crippen LogP contribution in [0.25, 0.3) is 0 Å². The molecule has 50 heavy (non-hydrogen) atoms. The minimum Gasteiger partial charge on any atom is -0.492 e. The van der Waals surface area contributed by atoms with Gasteiger partial charge in [-0.05, 0) is 67.1 Å². The van der Waals surface area contributed by atoms with Gasteiger partial charge in [0.15, 0.2) is 7.11 Å². The predicted octanol–water partition coefficient (Wildman–Crippen LogP) is 7.11. The molecule has 1 aliphatic heterocycles. The SMILES string of the molecule is CO[N+](=O)c1cccc(CN(C(=O)C(Cl)(Cl)Cl)C2CCCC(CN(C(=O)c3ccc(F)cc3)c3cccc(OCCN4CCOCC4)c3)C2)c1. The zero-order valence-corrected chi connectivity index (χ0v) is 30.1. The Kier molecular flexibility index (Phi) is 13.3. The Morgan fingerprint density at radius 1 is 1.02 bits per heavy atom. The number of hydrogen-bond acceptors (Lipinski definition) is 7. The fourth-order valence-electron chi connectivity index (χ4n) is 6.48. The first-order chi connectivity index (χ1) is 24.0. The quantitative estimate of drug-likeness (QED) is 0.136. The smallest absolute Gasteiger partial charge is 0.317 e. The highest BCUT2D eigenvalue weighted by atomic mass is 35.6. The van der Waals surface area contributed by atoms with Crippen LogP contribution in [0.4, 0.5) is 15.8 Å². The molecule has 1 saturated heterocycles. The number of nitrogens with zero attached hydrogens (tertiary/aromatic N) is 4. The highest BCUT2D eigenvalue weighted by Gasteiger charge is 2.40. The Hall–Kier alpha value is -3.48. The molecule has 2 fully saturated rings. The van der Waals surface area contributed by atoms with E-state index in [0.717, 1.165) is 32.5 Å². The third-order valence-corrected chi connectivity index (χ3v) is 9.51. The predicted molar refractivity (Wildman–Crippen MR) is 191 cm³/mol. The highest BCUT2D eigenvalue weighted by Crippen LogP contribution is 2.36. The lowest BCUT2D eigenvalue weighted by Crippen LogP contribution is -2.48. The number of benzene rings is 3. The third-order valence-electron chi connectivity index (χ3n) is 9.03. The van der Waals surface area contributed by atoms with Crippen LogP contribution in [0, 0.1) is 16.6 Å². The fourth-order valence-corrected chi connectivity index (χ4v) is 6.81. The van der Waals surface area contributed by atoms with Crippen molar-refractivity contribution in [2.45, 2.75) is 42.1 Å². The molecular formula is C36H41Cl3FN4O6+. The molecule has 3 aromatic rings. The van der Waals surface area contributed by atoms with E-state index in [9.17, 15) is 18.9 Å². The fraction of sp³-hybridized carbons (Fsp3) is 0.444. The maximum atomic E-state index is 14.1. The minimum absolute atomic E-state index is 0.0355. The monoisotopic (exact) mass is 749 g/mol. The van der Waals surface area contributed by atoms with Gasteiger partial charge in [-0.2, -0.15) is 0 Å². The first-order valence-corrected chi connectivity index (χ1v) is 17.7. The van der Waals surface area contributed by atoms with Crippen LogP contribution < -0.4 is 9.64 Å².